The Hall–Kier alpha value is -1.99. The van der Waals surface area contributed by atoms with Crippen LogP contribution in [-0.4, -0.2) is 13.1 Å². The molecule has 2 aromatic rings. The van der Waals surface area contributed by atoms with E-state index in [-0.39, 0.29) is 0 Å². The lowest BCUT2D eigenvalue weighted by Gasteiger charge is -2.34. The number of rotatable bonds is 5. The third kappa shape index (κ3) is 3.39. The summed E-state index contributed by atoms with van der Waals surface area (Å²) in [5.74, 6) is 0.372. The molecule has 3 nitrogen and oxygen atoms in total. The first-order valence-electron chi connectivity index (χ1n) is 9.04. The molecule has 1 saturated heterocycles. The first-order valence-corrected chi connectivity index (χ1v) is 10.7. The Morgan fingerprint density at radius 1 is 0.960 bits per heavy atom. The van der Waals surface area contributed by atoms with Crippen LogP contribution in [0.3, 0.4) is 0 Å². The fourth-order valence-electron chi connectivity index (χ4n) is 3.48. The van der Waals surface area contributed by atoms with Crippen molar-refractivity contribution in [3.05, 3.63) is 72.1 Å². The Morgan fingerprint density at radius 3 is 1.76 bits per heavy atom. The van der Waals surface area contributed by atoms with Crippen LogP contribution in [0.4, 0.5) is 11.4 Å². The van der Waals surface area contributed by atoms with Crippen LogP contribution in [0.25, 0.3) is 0 Å². The summed E-state index contributed by atoms with van der Waals surface area (Å²) in [7, 11) is -2.87. The number of hydrogen-bond donors (Lipinski definition) is 0. The van der Waals surface area contributed by atoms with Crippen molar-refractivity contribution in [1.82, 2.24) is 0 Å². The van der Waals surface area contributed by atoms with Crippen molar-refractivity contribution in [3.63, 3.8) is 0 Å². The lowest BCUT2D eigenvalue weighted by molar-refractivity contribution is 0.577. The third-order valence-electron chi connectivity index (χ3n) is 4.55. The van der Waals surface area contributed by atoms with E-state index in [1.807, 2.05) is 36.4 Å². The predicted octanol–water partition coefficient (Wildman–Crippen LogP) is 6.16. The zero-order valence-corrected chi connectivity index (χ0v) is 16.2. The number of allylic oxidation sites excluding steroid dienone is 2. The van der Waals surface area contributed by atoms with Crippen LogP contribution in [0, 0.1) is 5.92 Å². The molecule has 0 N–H and O–H groups in total. The number of anilines is 2. The molecule has 3 rings (SSSR count). The minimum Gasteiger partial charge on any atom is -0.302 e. The maximum Gasteiger partial charge on any atom is 0.288 e. The van der Waals surface area contributed by atoms with E-state index in [0.717, 1.165) is 36.2 Å². The van der Waals surface area contributed by atoms with E-state index in [1.165, 1.54) is 0 Å². The zero-order valence-electron chi connectivity index (χ0n) is 15.3. The highest BCUT2D eigenvalue weighted by Crippen LogP contribution is 2.66. The highest BCUT2D eigenvalue weighted by Gasteiger charge is 2.45. The summed E-state index contributed by atoms with van der Waals surface area (Å²) in [6.07, 6.45) is 2.99. The lowest BCUT2D eigenvalue weighted by Crippen LogP contribution is -2.20. The molecule has 0 bridgehead atoms. The monoisotopic (exact) mass is 354 g/mol. The molecule has 1 heterocycles. The molecule has 2 aromatic carbocycles. The molecule has 0 spiro atoms. The molecule has 0 radical (unpaired) electrons. The first kappa shape index (κ1) is 17.8. The zero-order chi connectivity index (χ0) is 17.9. The molecular formula is C21H27N2OP. The largest absolute Gasteiger partial charge is 0.302 e. The van der Waals surface area contributed by atoms with Crippen molar-refractivity contribution in [2.45, 2.75) is 27.2 Å². The van der Waals surface area contributed by atoms with E-state index in [4.69, 9.17) is 0 Å². The van der Waals surface area contributed by atoms with Gasteiger partial charge in [-0.25, -0.2) is 0 Å². The van der Waals surface area contributed by atoms with E-state index in [9.17, 15) is 4.57 Å². The maximum atomic E-state index is 14.5. The van der Waals surface area contributed by atoms with Crippen molar-refractivity contribution < 1.29 is 4.57 Å². The van der Waals surface area contributed by atoms with Gasteiger partial charge in [0.15, 0.2) is 0 Å². The van der Waals surface area contributed by atoms with Crippen molar-refractivity contribution in [3.8, 4) is 0 Å². The van der Waals surface area contributed by atoms with Gasteiger partial charge in [-0.3, -0.25) is 4.57 Å². The molecule has 1 aliphatic heterocycles. The number of benzene rings is 2. The maximum absolute atomic E-state index is 14.5. The Bertz CT molecular complexity index is 719. The second-order valence-electron chi connectivity index (χ2n) is 6.72. The SMILES string of the molecule is CC/C(=C\C(C)C)P1(=O)N(c2ccccc2)CCN1c1ccccc1. The van der Waals surface area contributed by atoms with Gasteiger partial charge in [-0.2, -0.15) is 0 Å². The van der Waals surface area contributed by atoms with Crippen molar-refractivity contribution in [1.29, 1.82) is 0 Å². The average Bonchev–Trinajstić information content (AvgIpc) is 2.99. The van der Waals surface area contributed by atoms with Crippen molar-refractivity contribution in [2.75, 3.05) is 22.4 Å². The van der Waals surface area contributed by atoms with Crippen LogP contribution in [0.2, 0.25) is 0 Å². The van der Waals surface area contributed by atoms with Crippen LogP contribution >= 0.6 is 7.44 Å². The highest BCUT2D eigenvalue weighted by molar-refractivity contribution is 7.71. The molecule has 0 aromatic heterocycles. The normalized spacial score (nSPS) is 17.4. The highest BCUT2D eigenvalue weighted by atomic mass is 31.2. The molecule has 1 aliphatic rings. The number of nitrogens with zero attached hydrogens (tertiary/aromatic N) is 2. The van der Waals surface area contributed by atoms with Crippen LogP contribution in [0.1, 0.15) is 27.2 Å². The van der Waals surface area contributed by atoms with E-state index in [1.54, 1.807) is 0 Å². The fourth-order valence-corrected chi connectivity index (χ4v) is 6.88. The first-order chi connectivity index (χ1) is 12.1. The smallest absolute Gasteiger partial charge is 0.288 e. The Balaban J connectivity index is 2.13. The van der Waals surface area contributed by atoms with E-state index >= 15 is 0 Å². The quantitative estimate of drug-likeness (QED) is 0.601. The molecule has 132 valence electrons. The minimum atomic E-state index is -2.87. The summed E-state index contributed by atoms with van der Waals surface area (Å²) in [5, 5.41) is 1.05. The predicted molar refractivity (Wildman–Crippen MR) is 108 cm³/mol. The minimum absolute atomic E-state index is 0.372. The summed E-state index contributed by atoms with van der Waals surface area (Å²) >= 11 is 0. The molecule has 4 heteroatoms. The second kappa shape index (κ2) is 7.49. The summed E-state index contributed by atoms with van der Waals surface area (Å²) in [6.45, 7) is 7.95. The van der Waals surface area contributed by atoms with Crippen LogP contribution in [0.15, 0.2) is 72.1 Å². The van der Waals surface area contributed by atoms with Gasteiger partial charge < -0.3 is 9.34 Å². The Kier molecular flexibility index (Phi) is 5.34. The summed E-state index contributed by atoms with van der Waals surface area (Å²) < 4.78 is 18.8. The molecular weight excluding hydrogens is 327 g/mol. The number of hydrogen-bond acceptors (Lipinski definition) is 1. The van der Waals surface area contributed by atoms with Crippen molar-refractivity contribution in [2.24, 2.45) is 5.92 Å². The molecule has 1 fully saturated rings. The molecule has 0 atom stereocenters. The number of para-hydroxylation sites is 2. The third-order valence-corrected chi connectivity index (χ3v) is 7.93. The van der Waals surface area contributed by atoms with Gasteiger partial charge in [0.1, 0.15) is 0 Å². The van der Waals surface area contributed by atoms with Gasteiger partial charge in [-0.1, -0.05) is 63.2 Å². The summed E-state index contributed by atoms with van der Waals surface area (Å²) in [5.41, 5.74) is 2.07. The average molecular weight is 354 g/mol. The van der Waals surface area contributed by atoms with Gasteiger partial charge in [-0.15, -0.1) is 0 Å². The van der Waals surface area contributed by atoms with Gasteiger partial charge in [0, 0.05) is 29.8 Å². The van der Waals surface area contributed by atoms with E-state index < -0.39 is 7.44 Å². The Labute approximate surface area is 151 Å². The van der Waals surface area contributed by atoms with Crippen molar-refractivity contribution >= 4 is 18.8 Å². The van der Waals surface area contributed by atoms with Gasteiger partial charge in [0.25, 0.3) is 7.44 Å². The van der Waals surface area contributed by atoms with Gasteiger partial charge in [0.05, 0.1) is 0 Å². The molecule has 0 saturated carbocycles. The topological polar surface area (TPSA) is 23.6 Å². The van der Waals surface area contributed by atoms with Gasteiger partial charge >= 0.3 is 0 Å². The summed E-state index contributed by atoms with van der Waals surface area (Å²) in [6, 6.07) is 20.3. The van der Waals surface area contributed by atoms with Gasteiger partial charge in [-0.05, 0) is 36.6 Å². The lowest BCUT2D eigenvalue weighted by atomic mass is 10.2. The van der Waals surface area contributed by atoms with E-state index in [0.29, 0.717) is 5.92 Å². The Morgan fingerprint density at radius 2 is 1.40 bits per heavy atom. The molecule has 0 amide bonds. The molecule has 0 unspecified atom stereocenters. The van der Waals surface area contributed by atoms with Gasteiger partial charge in [0.2, 0.25) is 0 Å². The van der Waals surface area contributed by atoms with E-state index in [2.05, 4.69) is 60.5 Å². The van der Waals surface area contributed by atoms with Crippen LogP contribution in [0.5, 0.6) is 0 Å². The molecule has 0 aliphatic carbocycles. The van der Waals surface area contributed by atoms with Crippen LogP contribution in [-0.2, 0) is 4.57 Å². The fraction of sp³-hybridized carbons (Fsp3) is 0.333. The standard InChI is InChI=1S/C21H27N2OP/c1-4-21(17-18(2)3)25(24)22(19-11-7-5-8-12-19)15-16-23(25)20-13-9-6-10-14-20/h5-14,17-18H,4,15-16H2,1-3H3/b21-17+. The van der Waals surface area contributed by atoms with Crippen LogP contribution < -0.4 is 9.34 Å². The second-order valence-corrected chi connectivity index (χ2v) is 9.35. The summed E-state index contributed by atoms with van der Waals surface area (Å²) in [4.78, 5) is 0. The molecule has 25 heavy (non-hydrogen) atoms.